The highest BCUT2D eigenvalue weighted by atomic mass is 16.8. The van der Waals surface area contributed by atoms with Crippen molar-refractivity contribution in [2.45, 2.75) is 25.7 Å². The molecular weight excluding hydrogens is 124 g/mol. The van der Waals surface area contributed by atoms with Crippen LogP contribution in [0.25, 0.3) is 0 Å². The van der Waals surface area contributed by atoms with E-state index in [-0.39, 0.29) is 6.42 Å². The third-order valence-electron chi connectivity index (χ3n) is 0.781. The van der Waals surface area contributed by atoms with Crippen LogP contribution in [0.5, 0.6) is 0 Å². The number of hydrogen-bond donors (Lipinski definition) is 2. The number of aliphatic hydroxyl groups is 2. The zero-order chi connectivity index (χ0) is 7.33. The zero-order valence-electron chi connectivity index (χ0n) is 5.13. The highest BCUT2D eigenvalue weighted by molar-refractivity contribution is 5.38. The van der Waals surface area contributed by atoms with E-state index in [2.05, 4.69) is 4.74 Å². The summed E-state index contributed by atoms with van der Waals surface area (Å²) in [4.78, 5) is 9.43. The molecule has 4 nitrogen and oxygen atoms in total. The maximum Gasteiger partial charge on any atom is 0.421 e. The van der Waals surface area contributed by atoms with Crippen LogP contribution in [0.2, 0.25) is 0 Å². The Hall–Kier alpha value is -0.610. The normalized spacial score (nSPS) is 11.0. The van der Waals surface area contributed by atoms with E-state index in [0.29, 0.717) is 6.42 Å². The molecule has 0 aromatic heterocycles. The van der Waals surface area contributed by atoms with Crippen molar-refractivity contribution in [3.8, 4) is 0 Å². The summed E-state index contributed by atoms with van der Waals surface area (Å²) in [7, 11) is 0. The van der Waals surface area contributed by atoms with Crippen LogP contribution in [0.15, 0.2) is 0 Å². The van der Waals surface area contributed by atoms with Gasteiger partial charge in [-0.25, -0.2) is 4.79 Å². The molecule has 0 spiro atoms. The van der Waals surface area contributed by atoms with Gasteiger partial charge in [-0.05, 0) is 6.42 Å². The molecule has 2 N–H and O–H groups in total. The molecule has 53 valence electrons. The van der Waals surface area contributed by atoms with E-state index in [0.717, 1.165) is 6.47 Å². The Morgan fingerprint density at radius 3 is 2.56 bits per heavy atom. The Balaban J connectivity index is 3.55. The Kier molecular flexibility index (Phi) is 3.19. The first-order valence-corrected chi connectivity index (χ1v) is 2.62. The van der Waals surface area contributed by atoms with Gasteiger partial charge in [-0.1, -0.05) is 6.92 Å². The molecule has 0 aliphatic heterocycles. The summed E-state index contributed by atoms with van der Waals surface area (Å²) < 4.78 is 3.78. The van der Waals surface area contributed by atoms with Crippen molar-refractivity contribution >= 4 is 6.47 Å². The highest BCUT2D eigenvalue weighted by Crippen LogP contribution is 2.07. The first-order valence-electron chi connectivity index (χ1n) is 2.62. The van der Waals surface area contributed by atoms with Crippen molar-refractivity contribution in [3.63, 3.8) is 0 Å². The van der Waals surface area contributed by atoms with Gasteiger partial charge >= 0.3 is 12.4 Å². The van der Waals surface area contributed by atoms with E-state index < -0.39 is 5.97 Å². The van der Waals surface area contributed by atoms with Crippen LogP contribution in [0.3, 0.4) is 0 Å². The minimum absolute atomic E-state index is 0.00222. The third kappa shape index (κ3) is 3.93. The Labute approximate surface area is 53.1 Å². The fourth-order valence-corrected chi connectivity index (χ4v) is 0.443. The van der Waals surface area contributed by atoms with Crippen molar-refractivity contribution in [2.75, 3.05) is 0 Å². The molecule has 1 radical (unpaired) electrons. The van der Waals surface area contributed by atoms with Crippen molar-refractivity contribution < 1.29 is 19.7 Å². The van der Waals surface area contributed by atoms with Crippen LogP contribution in [0.1, 0.15) is 19.8 Å². The Bertz CT molecular complexity index is 89.0. The average Bonchev–Trinajstić information content (AvgIpc) is 1.64. The summed E-state index contributed by atoms with van der Waals surface area (Å²) in [6.45, 7) is 2.67. The lowest BCUT2D eigenvalue weighted by molar-refractivity contribution is -0.303. The molecule has 0 aromatic carbocycles. The standard InChI is InChI=1S/C5H9O4/c1-2-3-5(7,8)9-4-6/h7-8H,2-3H2,1H3. The van der Waals surface area contributed by atoms with Crippen molar-refractivity contribution in [1.29, 1.82) is 0 Å². The van der Waals surface area contributed by atoms with Gasteiger partial charge in [0.25, 0.3) is 0 Å². The van der Waals surface area contributed by atoms with E-state index >= 15 is 0 Å². The number of ether oxygens (including phenoxy) is 1. The van der Waals surface area contributed by atoms with Gasteiger partial charge in [-0.2, -0.15) is 0 Å². The molecule has 0 amide bonds. The van der Waals surface area contributed by atoms with Gasteiger partial charge in [0.05, 0.1) is 0 Å². The molecule has 0 heterocycles. The quantitative estimate of drug-likeness (QED) is 0.508. The smallest absolute Gasteiger partial charge is 0.400 e. The van der Waals surface area contributed by atoms with Gasteiger partial charge in [0.1, 0.15) is 0 Å². The van der Waals surface area contributed by atoms with Gasteiger partial charge in [0.15, 0.2) is 0 Å². The van der Waals surface area contributed by atoms with Crippen LogP contribution in [0.4, 0.5) is 0 Å². The van der Waals surface area contributed by atoms with Crippen molar-refractivity contribution in [3.05, 3.63) is 0 Å². The maximum atomic E-state index is 9.43. The van der Waals surface area contributed by atoms with Gasteiger partial charge in [-0.3, -0.25) is 0 Å². The second-order valence-corrected chi connectivity index (χ2v) is 1.68. The number of rotatable bonds is 4. The van der Waals surface area contributed by atoms with Crippen LogP contribution in [0, 0.1) is 0 Å². The van der Waals surface area contributed by atoms with Crippen LogP contribution in [-0.4, -0.2) is 22.7 Å². The van der Waals surface area contributed by atoms with Crippen LogP contribution < -0.4 is 0 Å². The molecule has 4 heteroatoms. The average molecular weight is 133 g/mol. The van der Waals surface area contributed by atoms with Gasteiger partial charge < -0.3 is 14.9 Å². The second-order valence-electron chi connectivity index (χ2n) is 1.68. The van der Waals surface area contributed by atoms with Crippen LogP contribution >= 0.6 is 0 Å². The number of hydrogen-bond acceptors (Lipinski definition) is 4. The predicted molar refractivity (Wildman–Crippen MR) is 28.9 cm³/mol. The zero-order valence-corrected chi connectivity index (χ0v) is 5.13. The summed E-state index contributed by atoms with van der Waals surface area (Å²) in [5.41, 5.74) is 0. The fourth-order valence-electron chi connectivity index (χ4n) is 0.443. The lowest BCUT2D eigenvalue weighted by Gasteiger charge is -2.16. The molecule has 0 saturated carbocycles. The SMILES string of the molecule is CCCC(O)(O)O[C]=O. The van der Waals surface area contributed by atoms with E-state index in [1.807, 2.05) is 0 Å². The minimum Gasteiger partial charge on any atom is -0.400 e. The van der Waals surface area contributed by atoms with Gasteiger partial charge in [0.2, 0.25) is 0 Å². The van der Waals surface area contributed by atoms with E-state index in [1.54, 1.807) is 6.92 Å². The largest absolute Gasteiger partial charge is 0.421 e. The number of carbonyl (C=O) groups excluding carboxylic acids is 1. The summed E-state index contributed by atoms with van der Waals surface area (Å²) >= 11 is 0. The summed E-state index contributed by atoms with van der Waals surface area (Å²) in [5, 5.41) is 17.2. The van der Waals surface area contributed by atoms with Crippen LogP contribution in [-0.2, 0) is 9.53 Å². The third-order valence-corrected chi connectivity index (χ3v) is 0.781. The van der Waals surface area contributed by atoms with Crippen molar-refractivity contribution in [1.82, 2.24) is 0 Å². The molecule has 0 saturated heterocycles. The molecule has 9 heavy (non-hydrogen) atoms. The lowest BCUT2D eigenvalue weighted by atomic mass is 10.3. The lowest BCUT2D eigenvalue weighted by Crippen LogP contribution is -2.30. The molecule has 0 atom stereocenters. The summed E-state index contributed by atoms with van der Waals surface area (Å²) in [6.07, 6.45) is 0.525. The molecule has 0 rings (SSSR count). The van der Waals surface area contributed by atoms with Gasteiger partial charge in [-0.15, -0.1) is 0 Å². The minimum atomic E-state index is -2.32. The van der Waals surface area contributed by atoms with E-state index in [4.69, 9.17) is 10.2 Å². The predicted octanol–water partition coefficient (Wildman–Crippen LogP) is -0.491. The summed E-state index contributed by atoms with van der Waals surface area (Å²) in [5.74, 6) is -2.32. The first-order chi connectivity index (χ1) is 4.12. The fraction of sp³-hybridized carbons (Fsp3) is 0.800. The first kappa shape index (κ1) is 8.39. The topological polar surface area (TPSA) is 66.8 Å². The second kappa shape index (κ2) is 3.42. The van der Waals surface area contributed by atoms with E-state index in [9.17, 15) is 4.79 Å². The van der Waals surface area contributed by atoms with Gasteiger partial charge in [0, 0.05) is 6.42 Å². The molecule has 0 bridgehead atoms. The molecule has 0 aliphatic carbocycles. The Morgan fingerprint density at radius 1 is 1.67 bits per heavy atom. The molecule has 0 fully saturated rings. The molecule has 0 aromatic rings. The maximum absolute atomic E-state index is 9.43. The summed E-state index contributed by atoms with van der Waals surface area (Å²) in [6, 6.07) is 0. The van der Waals surface area contributed by atoms with E-state index in [1.165, 1.54) is 0 Å². The highest BCUT2D eigenvalue weighted by Gasteiger charge is 2.22. The Morgan fingerprint density at radius 2 is 2.22 bits per heavy atom. The monoisotopic (exact) mass is 133 g/mol. The molecular formula is C5H9O4. The molecule has 0 aliphatic rings. The van der Waals surface area contributed by atoms with Crippen molar-refractivity contribution in [2.24, 2.45) is 0 Å². The molecule has 0 unspecified atom stereocenters.